The van der Waals surface area contributed by atoms with Crippen molar-refractivity contribution in [2.75, 3.05) is 13.1 Å². The highest BCUT2D eigenvalue weighted by molar-refractivity contribution is 5.92. The monoisotopic (exact) mass is 449 g/mol. The zero-order chi connectivity index (χ0) is 23.7. The molecule has 0 saturated carbocycles. The summed E-state index contributed by atoms with van der Waals surface area (Å²) in [5, 5.41) is 0.519. The Kier molecular flexibility index (Phi) is 6.29. The van der Waals surface area contributed by atoms with Crippen molar-refractivity contribution >= 4 is 22.8 Å². The number of carbonyl (C=O) groups is 2. The van der Waals surface area contributed by atoms with Gasteiger partial charge in [-0.3, -0.25) is 14.2 Å². The topological polar surface area (TPSA) is 90.7 Å². The van der Waals surface area contributed by atoms with E-state index in [1.165, 1.54) is 4.57 Å². The van der Waals surface area contributed by atoms with Crippen LogP contribution in [0.2, 0.25) is 0 Å². The first-order valence-electron chi connectivity index (χ1n) is 11.0. The van der Waals surface area contributed by atoms with Crippen molar-refractivity contribution in [1.82, 2.24) is 14.5 Å². The van der Waals surface area contributed by atoms with E-state index in [1.807, 2.05) is 19.9 Å². The molecule has 1 aromatic heterocycles. The maximum absolute atomic E-state index is 13.0. The van der Waals surface area contributed by atoms with Crippen LogP contribution in [0.4, 0.5) is 0 Å². The van der Waals surface area contributed by atoms with Gasteiger partial charge in [0.25, 0.3) is 11.5 Å². The minimum Gasteiger partial charge on any atom is -0.449 e. The molecule has 0 spiro atoms. The van der Waals surface area contributed by atoms with E-state index in [0.717, 1.165) is 0 Å². The molecule has 3 unspecified atom stereocenters. The maximum Gasteiger partial charge on any atom is 0.338 e. The molecule has 0 N–H and O–H groups in total. The Morgan fingerprint density at radius 3 is 2.36 bits per heavy atom. The van der Waals surface area contributed by atoms with Crippen molar-refractivity contribution in [2.24, 2.45) is 0 Å². The number of morpholine rings is 1. The van der Waals surface area contributed by atoms with Crippen LogP contribution < -0.4 is 5.56 Å². The highest BCUT2D eigenvalue weighted by atomic mass is 16.5. The lowest BCUT2D eigenvalue weighted by Gasteiger charge is -2.36. The first-order valence-corrected chi connectivity index (χ1v) is 11.0. The Bertz CT molecular complexity index is 1240. The minimum atomic E-state index is -0.913. The van der Waals surface area contributed by atoms with Gasteiger partial charge in [0.15, 0.2) is 6.10 Å². The molecule has 0 aliphatic carbocycles. The third kappa shape index (κ3) is 4.66. The van der Waals surface area contributed by atoms with Crippen LogP contribution in [-0.4, -0.2) is 57.7 Å². The van der Waals surface area contributed by atoms with Crippen molar-refractivity contribution in [2.45, 2.75) is 46.0 Å². The molecule has 172 valence electrons. The Labute approximate surface area is 191 Å². The molecule has 1 aliphatic rings. The number of benzene rings is 2. The number of aryl methyl sites for hydroxylation is 1. The van der Waals surface area contributed by atoms with Gasteiger partial charge in [-0.2, -0.15) is 0 Å². The zero-order valence-electron chi connectivity index (χ0n) is 19.1. The Morgan fingerprint density at radius 1 is 1.06 bits per heavy atom. The molecular formula is C25H27N3O5. The molecule has 1 fully saturated rings. The molecule has 2 aromatic carbocycles. The highest BCUT2D eigenvalue weighted by Crippen LogP contribution is 2.16. The van der Waals surface area contributed by atoms with E-state index in [9.17, 15) is 14.4 Å². The molecule has 1 saturated heterocycles. The van der Waals surface area contributed by atoms with Gasteiger partial charge in [-0.25, -0.2) is 9.78 Å². The summed E-state index contributed by atoms with van der Waals surface area (Å²) in [4.78, 5) is 44.5. The van der Waals surface area contributed by atoms with Crippen molar-refractivity contribution in [1.29, 1.82) is 0 Å². The third-order valence-electron chi connectivity index (χ3n) is 5.67. The molecule has 8 heteroatoms. The van der Waals surface area contributed by atoms with Gasteiger partial charge in [0.1, 0.15) is 5.82 Å². The second-order valence-electron chi connectivity index (χ2n) is 8.41. The summed E-state index contributed by atoms with van der Waals surface area (Å²) in [6.07, 6.45) is -1.04. The van der Waals surface area contributed by atoms with Crippen LogP contribution in [0.25, 0.3) is 16.6 Å². The Balaban J connectivity index is 1.49. The summed E-state index contributed by atoms with van der Waals surface area (Å²) in [5.74, 6) is -0.300. The predicted octanol–water partition coefficient (Wildman–Crippen LogP) is 2.88. The zero-order valence-corrected chi connectivity index (χ0v) is 19.1. The number of nitrogens with zero attached hydrogens (tertiary/aromatic N) is 3. The van der Waals surface area contributed by atoms with Gasteiger partial charge in [-0.05, 0) is 64.1 Å². The van der Waals surface area contributed by atoms with Gasteiger partial charge < -0.3 is 14.4 Å². The number of para-hydroxylation sites is 1. The summed E-state index contributed by atoms with van der Waals surface area (Å²) >= 11 is 0. The number of hydrogen-bond donors (Lipinski definition) is 0. The lowest BCUT2D eigenvalue weighted by Crippen LogP contribution is -2.51. The Hall–Kier alpha value is -3.52. The fourth-order valence-corrected chi connectivity index (χ4v) is 4.19. The summed E-state index contributed by atoms with van der Waals surface area (Å²) in [6.45, 7) is 8.08. The van der Waals surface area contributed by atoms with Gasteiger partial charge in [-0.1, -0.05) is 12.1 Å². The maximum atomic E-state index is 13.0. The van der Waals surface area contributed by atoms with Gasteiger partial charge in [0.05, 0.1) is 34.4 Å². The summed E-state index contributed by atoms with van der Waals surface area (Å²) in [6, 6.07) is 13.7. The van der Waals surface area contributed by atoms with Crippen LogP contribution >= 0.6 is 0 Å². The smallest absolute Gasteiger partial charge is 0.338 e. The molecule has 1 amide bonds. The van der Waals surface area contributed by atoms with E-state index in [0.29, 0.717) is 41.1 Å². The van der Waals surface area contributed by atoms with Crippen LogP contribution in [0.5, 0.6) is 0 Å². The lowest BCUT2D eigenvalue weighted by molar-refractivity contribution is -0.151. The van der Waals surface area contributed by atoms with Crippen molar-refractivity contribution < 1.29 is 19.1 Å². The first-order chi connectivity index (χ1) is 15.7. The number of fused-ring (bicyclic) bond motifs is 1. The molecule has 8 nitrogen and oxygen atoms in total. The molecule has 33 heavy (non-hydrogen) atoms. The van der Waals surface area contributed by atoms with Crippen LogP contribution in [0.15, 0.2) is 53.3 Å². The normalized spacial score (nSPS) is 19.3. The fraction of sp³-hybridized carbons (Fsp3) is 0.360. The van der Waals surface area contributed by atoms with E-state index in [2.05, 4.69) is 4.98 Å². The highest BCUT2D eigenvalue weighted by Gasteiger charge is 2.30. The standard InChI is InChI=1S/C25H27N3O5/c1-15-13-27(14-16(2)32-15)23(29)17(3)33-25(31)19-9-11-20(12-10-19)28-18(4)26-22-8-6-5-7-21(22)24(28)30/h5-12,15-17H,13-14H2,1-4H3. The van der Waals surface area contributed by atoms with E-state index in [-0.39, 0.29) is 23.7 Å². The molecule has 0 radical (unpaired) electrons. The largest absolute Gasteiger partial charge is 0.449 e. The predicted molar refractivity (Wildman–Crippen MR) is 124 cm³/mol. The lowest BCUT2D eigenvalue weighted by atomic mass is 10.2. The molecule has 2 heterocycles. The first kappa shape index (κ1) is 22.7. The number of rotatable bonds is 4. The van der Waals surface area contributed by atoms with Crippen molar-refractivity contribution in [3.05, 3.63) is 70.3 Å². The van der Waals surface area contributed by atoms with Gasteiger partial charge >= 0.3 is 5.97 Å². The molecule has 3 aromatic rings. The average molecular weight is 450 g/mol. The van der Waals surface area contributed by atoms with E-state index in [4.69, 9.17) is 9.47 Å². The van der Waals surface area contributed by atoms with Crippen molar-refractivity contribution in [3.63, 3.8) is 0 Å². The quantitative estimate of drug-likeness (QED) is 0.569. The second-order valence-corrected chi connectivity index (χ2v) is 8.41. The average Bonchev–Trinajstić information content (AvgIpc) is 2.78. The number of aromatic nitrogens is 2. The summed E-state index contributed by atoms with van der Waals surface area (Å²) in [5.41, 5.74) is 1.34. The Morgan fingerprint density at radius 2 is 1.70 bits per heavy atom. The second kappa shape index (κ2) is 9.15. The van der Waals surface area contributed by atoms with Crippen molar-refractivity contribution in [3.8, 4) is 5.69 Å². The molecule has 1 aliphatic heterocycles. The number of esters is 1. The minimum absolute atomic E-state index is 0.0652. The SMILES string of the molecule is Cc1nc2ccccc2c(=O)n1-c1ccc(C(=O)OC(C)C(=O)N2CC(C)OC(C)C2)cc1. The fourth-order valence-electron chi connectivity index (χ4n) is 4.19. The van der Waals surface area contributed by atoms with Gasteiger partial charge in [0, 0.05) is 13.1 Å². The third-order valence-corrected chi connectivity index (χ3v) is 5.67. The van der Waals surface area contributed by atoms with Gasteiger partial charge in [-0.15, -0.1) is 0 Å². The van der Waals surface area contributed by atoms with Gasteiger partial charge in [0.2, 0.25) is 0 Å². The van der Waals surface area contributed by atoms with Crippen LogP contribution in [-0.2, 0) is 14.3 Å². The van der Waals surface area contributed by atoms with Crippen LogP contribution in [0.1, 0.15) is 37.0 Å². The number of ether oxygens (including phenoxy) is 2. The van der Waals surface area contributed by atoms with Crippen LogP contribution in [0, 0.1) is 6.92 Å². The van der Waals surface area contributed by atoms with E-state index >= 15 is 0 Å². The molecule has 0 bridgehead atoms. The van der Waals surface area contributed by atoms with Crippen LogP contribution in [0.3, 0.4) is 0 Å². The molecule has 3 atom stereocenters. The van der Waals surface area contributed by atoms with E-state index in [1.54, 1.807) is 61.2 Å². The summed E-state index contributed by atoms with van der Waals surface area (Å²) in [7, 11) is 0. The molecular weight excluding hydrogens is 422 g/mol. The summed E-state index contributed by atoms with van der Waals surface area (Å²) < 4.78 is 12.6. The number of amides is 1. The number of carbonyl (C=O) groups excluding carboxylic acids is 2. The number of hydrogen-bond acceptors (Lipinski definition) is 6. The van der Waals surface area contributed by atoms with E-state index < -0.39 is 12.1 Å². The molecule has 4 rings (SSSR count).